The normalized spacial score (nSPS) is 14.2. The van der Waals surface area contributed by atoms with Gasteiger partial charge in [0.25, 0.3) is 0 Å². The van der Waals surface area contributed by atoms with E-state index in [4.69, 9.17) is 4.74 Å². The number of morpholine rings is 1. The van der Waals surface area contributed by atoms with Crippen molar-refractivity contribution in [3.05, 3.63) is 78.4 Å². The summed E-state index contributed by atoms with van der Waals surface area (Å²) < 4.78 is 7.59. The SMILES string of the molecule is c1ccc2c(c1)ncn2Cc1ccc(CNc2cc(N3CCOCC3)ncn2)cc1. The van der Waals surface area contributed by atoms with E-state index >= 15 is 0 Å². The van der Waals surface area contributed by atoms with E-state index in [9.17, 15) is 0 Å². The smallest absolute Gasteiger partial charge is 0.134 e. The number of rotatable bonds is 6. The minimum Gasteiger partial charge on any atom is -0.378 e. The molecule has 0 saturated carbocycles. The Morgan fingerprint density at radius 3 is 2.57 bits per heavy atom. The van der Waals surface area contributed by atoms with Crippen LogP contribution in [0.4, 0.5) is 11.6 Å². The molecule has 7 nitrogen and oxygen atoms in total. The summed E-state index contributed by atoms with van der Waals surface area (Å²) in [7, 11) is 0. The van der Waals surface area contributed by atoms with Crippen molar-refractivity contribution >= 4 is 22.7 Å². The molecule has 0 aliphatic carbocycles. The standard InChI is InChI=1S/C23H24N6O/c1-2-4-21-20(3-1)27-17-29(21)15-19-7-5-18(6-8-19)14-24-22-13-23(26-16-25-22)28-9-11-30-12-10-28/h1-8,13,16-17H,9-12,14-15H2,(H,24,25,26). The molecule has 1 saturated heterocycles. The summed E-state index contributed by atoms with van der Waals surface area (Å²) >= 11 is 0. The number of hydrogen-bond donors (Lipinski definition) is 1. The number of benzene rings is 2. The zero-order valence-corrected chi connectivity index (χ0v) is 16.7. The second-order valence-corrected chi connectivity index (χ2v) is 7.39. The Kier molecular flexibility index (Phi) is 5.26. The van der Waals surface area contributed by atoms with Crippen LogP contribution in [0, 0.1) is 0 Å². The first-order chi connectivity index (χ1) is 14.8. The second-order valence-electron chi connectivity index (χ2n) is 7.39. The molecular formula is C23H24N6O. The van der Waals surface area contributed by atoms with Crippen molar-refractivity contribution in [1.29, 1.82) is 0 Å². The highest BCUT2D eigenvalue weighted by atomic mass is 16.5. The fourth-order valence-electron chi connectivity index (χ4n) is 3.70. The summed E-state index contributed by atoms with van der Waals surface area (Å²) in [6.45, 7) is 4.74. The predicted molar refractivity (Wildman–Crippen MR) is 118 cm³/mol. The minimum atomic E-state index is 0.716. The van der Waals surface area contributed by atoms with Gasteiger partial charge in [0.15, 0.2) is 0 Å². The third-order valence-electron chi connectivity index (χ3n) is 5.36. The van der Waals surface area contributed by atoms with E-state index in [1.54, 1.807) is 6.33 Å². The lowest BCUT2D eigenvalue weighted by Crippen LogP contribution is -2.36. The highest BCUT2D eigenvalue weighted by Crippen LogP contribution is 2.17. The number of nitrogens with one attached hydrogen (secondary N) is 1. The number of imidazole rings is 1. The molecule has 0 spiro atoms. The van der Waals surface area contributed by atoms with E-state index in [0.717, 1.165) is 55.5 Å². The van der Waals surface area contributed by atoms with Crippen molar-refractivity contribution < 1.29 is 4.74 Å². The monoisotopic (exact) mass is 400 g/mol. The lowest BCUT2D eigenvalue weighted by molar-refractivity contribution is 0.122. The van der Waals surface area contributed by atoms with Gasteiger partial charge in [0, 0.05) is 32.2 Å². The average molecular weight is 400 g/mol. The Labute approximate surface area is 175 Å². The third-order valence-corrected chi connectivity index (χ3v) is 5.36. The van der Waals surface area contributed by atoms with Crippen molar-refractivity contribution in [3.63, 3.8) is 0 Å². The lowest BCUT2D eigenvalue weighted by atomic mass is 10.1. The molecule has 0 unspecified atom stereocenters. The molecule has 4 aromatic rings. The van der Waals surface area contributed by atoms with E-state index in [1.807, 2.05) is 30.6 Å². The van der Waals surface area contributed by atoms with Gasteiger partial charge in [-0.25, -0.2) is 15.0 Å². The van der Waals surface area contributed by atoms with Crippen LogP contribution in [-0.2, 0) is 17.8 Å². The van der Waals surface area contributed by atoms with E-state index in [1.165, 1.54) is 11.1 Å². The summed E-state index contributed by atoms with van der Waals surface area (Å²) in [4.78, 5) is 15.4. The number of aromatic nitrogens is 4. The van der Waals surface area contributed by atoms with Gasteiger partial charge >= 0.3 is 0 Å². The fraction of sp³-hybridized carbons (Fsp3) is 0.261. The summed E-state index contributed by atoms with van der Waals surface area (Å²) in [5.41, 5.74) is 4.64. The van der Waals surface area contributed by atoms with Crippen molar-refractivity contribution in [2.75, 3.05) is 36.5 Å². The van der Waals surface area contributed by atoms with Gasteiger partial charge in [-0.3, -0.25) is 0 Å². The van der Waals surface area contributed by atoms with Crippen LogP contribution in [0.2, 0.25) is 0 Å². The topological polar surface area (TPSA) is 68.1 Å². The zero-order valence-electron chi connectivity index (χ0n) is 16.7. The molecule has 0 amide bonds. The first-order valence-corrected chi connectivity index (χ1v) is 10.2. The van der Waals surface area contributed by atoms with E-state index in [0.29, 0.717) is 6.54 Å². The number of fused-ring (bicyclic) bond motifs is 1. The highest BCUT2D eigenvalue weighted by Gasteiger charge is 2.13. The van der Waals surface area contributed by atoms with Crippen LogP contribution in [-0.4, -0.2) is 45.8 Å². The molecular weight excluding hydrogens is 376 g/mol. The van der Waals surface area contributed by atoms with Gasteiger partial charge in [-0.05, 0) is 23.3 Å². The molecule has 0 radical (unpaired) electrons. The van der Waals surface area contributed by atoms with E-state index < -0.39 is 0 Å². The van der Waals surface area contributed by atoms with Gasteiger partial charge in [-0.15, -0.1) is 0 Å². The van der Waals surface area contributed by atoms with Crippen LogP contribution in [0.1, 0.15) is 11.1 Å². The average Bonchev–Trinajstić information content (AvgIpc) is 3.22. The van der Waals surface area contributed by atoms with Crippen molar-refractivity contribution in [3.8, 4) is 0 Å². The Bertz CT molecular complexity index is 1120. The van der Waals surface area contributed by atoms with Gasteiger partial charge in [0.2, 0.25) is 0 Å². The molecule has 1 fully saturated rings. The molecule has 0 bridgehead atoms. The van der Waals surface area contributed by atoms with Crippen molar-refractivity contribution in [2.45, 2.75) is 13.1 Å². The molecule has 3 heterocycles. The second kappa shape index (κ2) is 8.51. The summed E-state index contributed by atoms with van der Waals surface area (Å²) in [5.74, 6) is 1.78. The molecule has 7 heteroatoms. The van der Waals surface area contributed by atoms with Gasteiger partial charge in [-0.1, -0.05) is 36.4 Å². The summed E-state index contributed by atoms with van der Waals surface area (Å²) in [6, 6.07) is 18.9. The van der Waals surface area contributed by atoms with Crippen LogP contribution in [0.25, 0.3) is 11.0 Å². The molecule has 2 aromatic carbocycles. The highest BCUT2D eigenvalue weighted by molar-refractivity contribution is 5.75. The Hall–Kier alpha value is -3.45. The van der Waals surface area contributed by atoms with Gasteiger partial charge in [-0.2, -0.15) is 0 Å². The number of anilines is 2. The molecule has 152 valence electrons. The first-order valence-electron chi connectivity index (χ1n) is 10.2. The summed E-state index contributed by atoms with van der Waals surface area (Å²) in [5, 5.41) is 3.41. The fourth-order valence-corrected chi connectivity index (χ4v) is 3.70. The molecule has 2 aromatic heterocycles. The molecule has 5 rings (SSSR count). The van der Waals surface area contributed by atoms with Crippen LogP contribution in [0.5, 0.6) is 0 Å². The largest absolute Gasteiger partial charge is 0.378 e. The van der Waals surface area contributed by atoms with Crippen molar-refractivity contribution in [2.24, 2.45) is 0 Å². The predicted octanol–water partition coefficient (Wildman–Crippen LogP) is 3.32. The van der Waals surface area contributed by atoms with Crippen molar-refractivity contribution in [1.82, 2.24) is 19.5 Å². The van der Waals surface area contributed by atoms with Crippen LogP contribution in [0.15, 0.2) is 67.3 Å². The van der Waals surface area contributed by atoms with Crippen LogP contribution < -0.4 is 10.2 Å². The number of nitrogens with zero attached hydrogens (tertiary/aromatic N) is 5. The minimum absolute atomic E-state index is 0.716. The quantitative estimate of drug-likeness (QED) is 0.536. The number of hydrogen-bond acceptors (Lipinski definition) is 6. The Balaban J connectivity index is 1.21. The maximum absolute atomic E-state index is 5.41. The third kappa shape index (κ3) is 4.11. The van der Waals surface area contributed by atoms with Crippen LogP contribution in [0.3, 0.4) is 0 Å². The molecule has 1 N–H and O–H groups in total. The molecule has 1 aliphatic rings. The lowest BCUT2D eigenvalue weighted by Gasteiger charge is -2.27. The molecule has 0 atom stereocenters. The Morgan fingerprint density at radius 2 is 1.70 bits per heavy atom. The number of ether oxygens (including phenoxy) is 1. The first kappa shape index (κ1) is 18.6. The maximum atomic E-state index is 5.41. The summed E-state index contributed by atoms with van der Waals surface area (Å²) in [6.07, 6.45) is 3.52. The zero-order chi connectivity index (χ0) is 20.2. The Morgan fingerprint density at radius 1 is 0.900 bits per heavy atom. The molecule has 1 aliphatic heterocycles. The van der Waals surface area contributed by atoms with E-state index in [-0.39, 0.29) is 0 Å². The van der Waals surface area contributed by atoms with Gasteiger partial charge < -0.3 is 19.5 Å². The number of para-hydroxylation sites is 2. The van der Waals surface area contributed by atoms with Crippen LogP contribution >= 0.6 is 0 Å². The molecule has 30 heavy (non-hydrogen) atoms. The van der Waals surface area contributed by atoms with Gasteiger partial charge in [0.05, 0.1) is 30.6 Å². The maximum Gasteiger partial charge on any atom is 0.134 e. The van der Waals surface area contributed by atoms with E-state index in [2.05, 4.69) is 60.1 Å². The van der Waals surface area contributed by atoms with Gasteiger partial charge in [0.1, 0.15) is 18.0 Å².